The second-order valence-corrected chi connectivity index (χ2v) is 11.0. The van der Waals surface area contributed by atoms with Crippen molar-refractivity contribution < 1.29 is 4.39 Å². The number of aliphatic imine (C=N–C) groups is 1. The van der Waals surface area contributed by atoms with Gasteiger partial charge in [-0.1, -0.05) is 155 Å². The highest BCUT2D eigenvalue weighted by Gasteiger charge is 2.05. The first-order valence-electron chi connectivity index (χ1n) is 16.3. The molecule has 2 N–H and O–H groups in total. The molecule has 0 aliphatic rings. The third kappa shape index (κ3) is 28.8. The van der Waals surface area contributed by atoms with Crippen LogP contribution >= 0.6 is 0 Å². The number of aryl methyl sites for hydroxylation is 2. The van der Waals surface area contributed by atoms with Crippen LogP contribution in [0.15, 0.2) is 126 Å². The quantitative estimate of drug-likeness (QED) is 0.122. The summed E-state index contributed by atoms with van der Waals surface area (Å²) in [5.74, 6) is 1.10. The van der Waals surface area contributed by atoms with E-state index in [0.29, 0.717) is 11.8 Å². The molecule has 0 spiro atoms. The van der Waals surface area contributed by atoms with Crippen molar-refractivity contribution in [2.45, 2.75) is 114 Å². The zero-order valence-electron chi connectivity index (χ0n) is 30.8. The van der Waals surface area contributed by atoms with Crippen LogP contribution in [0.3, 0.4) is 0 Å². The molecule has 0 unspecified atom stereocenters. The lowest BCUT2D eigenvalue weighted by molar-refractivity contribution is 0.391. The highest BCUT2D eigenvalue weighted by molar-refractivity contribution is 5.78. The average molecular weight is 617 g/mol. The average Bonchev–Trinajstić information content (AvgIpc) is 3.02. The topological polar surface area (TPSA) is 38.4 Å². The second kappa shape index (κ2) is 30.3. The standard InChI is InChI=1S/C14H14.C11H20N2.C8H10.C4H8.C3H7F.C2H6/c1-12(13-8-4-2-5-9-13)14-10-6-3-7-11-14;1-5-8-10(6-2)11(7-3)13-9(4)12;1-7-3-5-8(2)6-4-7;1-4(2)3;1-3(2)4;1-2/h2-12H,1H3;6H,2,5,7-8H2,1,3-4H3,(H2,12,13);3-6H,1-2H3;1H2,2-3H3;3H,1-2H3;1-2H3/b;11-10+;;;;. The minimum atomic E-state index is -0.667. The Morgan fingerprint density at radius 1 is 0.778 bits per heavy atom. The fraction of sp³-hybridized carbons (Fsp3) is 0.405. The third-order valence-corrected chi connectivity index (χ3v) is 5.60. The molecule has 3 aromatic carbocycles. The van der Waals surface area contributed by atoms with E-state index in [0.717, 1.165) is 25.0 Å². The molecule has 0 radical (unpaired) electrons. The zero-order valence-corrected chi connectivity index (χ0v) is 30.8. The Balaban J connectivity index is -0.000000523. The van der Waals surface area contributed by atoms with Crippen LogP contribution in [0, 0.1) is 13.8 Å². The molecule has 45 heavy (non-hydrogen) atoms. The summed E-state index contributed by atoms with van der Waals surface area (Å²) in [4.78, 5) is 4.29. The molecule has 0 atom stereocenters. The Kier molecular flexibility index (Phi) is 30.8. The fourth-order valence-electron chi connectivity index (χ4n) is 3.54. The van der Waals surface area contributed by atoms with Crippen molar-refractivity contribution in [3.8, 4) is 0 Å². The molecule has 0 saturated carbocycles. The van der Waals surface area contributed by atoms with Crippen molar-refractivity contribution >= 4 is 5.84 Å². The van der Waals surface area contributed by atoms with Crippen molar-refractivity contribution in [3.63, 3.8) is 0 Å². The second-order valence-electron chi connectivity index (χ2n) is 11.0. The summed E-state index contributed by atoms with van der Waals surface area (Å²) < 4.78 is 11.0. The van der Waals surface area contributed by atoms with Crippen LogP contribution in [0.25, 0.3) is 0 Å². The molecule has 3 aromatic rings. The Morgan fingerprint density at radius 3 is 1.36 bits per heavy atom. The lowest BCUT2D eigenvalue weighted by Gasteiger charge is -2.11. The summed E-state index contributed by atoms with van der Waals surface area (Å²) in [5, 5.41) is 0. The van der Waals surface area contributed by atoms with Crippen LogP contribution in [0.2, 0.25) is 0 Å². The summed E-state index contributed by atoms with van der Waals surface area (Å²) in [6.45, 7) is 30.8. The van der Waals surface area contributed by atoms with E-state index >= 15 is 0 Å². The van der Waals surface area contributed by atoms with Gasteiger partial charge >= 0.3 is 0 Å². The number of benzene rings is 3. The van der Waals surface area contributed by atoms with Gasteiger partial charge < -0.3 is 5.73 Å². The summed E-state index contributed by atoms with van der Waals surface area (Å²) in [6, 6.07) is 29.7. The van der Waals surface area contributed by atoms with Crippen molar-refractivity contribution in [1.82, 2.24) is 0 Å². The minimum Gasteiger partial charge on any atom is -0.387 e. The lowest BCUT2D eigenvalue weighted by Crippen LogP contribution is -2.06. The number of allylic oxidation sites excluding steroid dienone is 4. The highest BCUT2D eigenvalue weighted by atomic mass is 19.1. The molecule has 3 heteroatoms. The molecule has 2 nitrogen and oxygen atoms in total. The van der Waals surface area contributed by atoms with Crippen molar-refractivity contribution in [1.29, 1.82) is 0 Å². The molecule has 0 bridgehead atoms. The number of nitrogens with zero attached hydrogens (tertiary/aromatic N) is 1. The Bertz CT molecular complexity index is 1100. The van der Waals surface area contributed by atoms with Gasteiger partial charge in [-0.3, -0.25) is 0 Å². The molecule has 0 aromatic heterocycles. The maximum absolute atomic E-state index is 11.0. The van der Waals surface area contributed by atoms with Crippen LogP contribution in [0.1, 0.15) is 117 Å². The number of alkyl halides is 1. The summed E-state index contributed by atoms with van der Waals surface area (Å²) >= 11 is 0. The first-order valence-corrected chi connectivity index (χ1v) is 16.3. The number of amidine groups is 1. The molecule has 0 fully saturated rings. The third-order valence-electron chi connectivity index (χ3n) is 5.60. The van der Waals surface area contributed by atoms with E-state index in [4.69, 9.17) is 5.73 Å². The van der Waals surface area contributed by atoms with E-state index in [1.807, 2.05) is 40.7 Å². The number of halogens is 1. The molecular formula is C42H65FN2. The van der Waals surface area contributed by atoms with Gasteiger partial charge in [0.25, 0.3) is 0 Å². The molecular weight excluding hydrogens is 551 g/mol. The van der Waals surface area contributed by atoms with Crippen molar-refractivity contribution in [2.75, 3.05) is 0 Å². The first kappa shape index (κ1) is 45.7. The van der Waals surface area contributed by atoms with Gasteiger partial charge in [0.05, 0.1) is 12.0 Å². The van der Waals surface area contributed by atoms with Gasteiger partial charge in [-0.2, -0.15) is 0 Å². The van der Waals surface area contributed by atoms with E-state index in [9.17, 15) is 4.39 Å². The van der Waals surface area contributed by atoms with Gasteiger partial charge in [0.1, 0.15) is 0 Å². The number of nitrogens with two attached hydrogens (primary N) is 1. The number of rotatable bonds is 7. The van der Waals surface area contributed by atoms with E-state index in [2.05, 4.69) is 138 Å². The Morgan fingerprint density at radius 2 is 1.11 bits per heavy atom. The zero-order chi connectivity index (χ0) is 35.2. The van der Waals surface area contributed by atoms with E-state index < -0.39 is 6.17 Å². The number of hydrogen-bond acceptors (Lipinski definition) is 1. The summed E-state index contributed by atoms with van der Waals surface area (Å²) in [6.07, 6.45) is 4.28. The molecule has 0 heterocycles. The molecule has 3 rings (SSSR count). The highest BCUT2D eigenvalue weighted by Crippen LogP contribution is 2.23. The van der Waals surface area contributed by atoms with Crippen LogP contribution < -0.4 is 5.73 Å². The van der Waals surface area contributed by atoms with E-state index in [1.165, 1.54) is 47.2 Å². The van der Waals surface area contributed by atoms with Crippen LogP contribution in [-0.2, 0) is 0 Å². The Hall–Kier alpha value is -3.72. The van der Waals surface area contributed by atoms with Gasteiger partial charge in [0.2, 0.25) is 0 Å². The number of hydrogen-bond donors (Lipinski definition) is 1. The minimum absolute atomic E-state index is 0.484. The van der Waals surface area contributed by atoms with Gasteiger partial charge in [-0.15, -0.1) is 6.58 Å². The first-order chi connectivity index (χ1) is 21.3. The molecule has 0 saturated heterocycles. The van der Waals surface area contributed by atoms with Crippen LogP contribution in [0.4, 0.5) is 4.39 Å². The van der Waals surface area contributed by atoms with Gasteiger partial charge in [-0.05, 0) is 78.0 Å². The molecule has 250 valence electrons. The van der Waals surface area contributed by atoms with Gasteiger partial charge in [0.15, 0.2) is 0 Å². The maximum atomic E-state index is 11.0. The van der Waals surface area contributed by atoms with Crippen LogP contribution in [0.5, 0.6) is 0 Å². The monoisotopic (exact) mass is 617 g/mol. The SMILES string of the molecule is C=C(C)C.C=C/C(CCC)=C(/CC)N=C(C)N.CC.CC(C)F.CC(c1ccccc1)c1ccccc1.Cc1ccc(C)cc1. The molecule has 0 amide bonds. The fourth-order valence-corrected chi connectivity index (χ4v) is 3.54. The summed E-state index contributed by atoms with van der Waals surface area (Å²) in [5.41, 5.74) is 14.4. The van der Waals surface area contributed by atoms with Crippen LogP contribution in [-0.4, -0.2) is 12.0 Å². The lowest BCUT2D eigenvalue weighted by atomic mass is 9.93. The van der Waals surface area contributed by atoms with E-state index in [1.54, 1.807) is 0 Å². The molecule has 0 aliphatic heterocycles. The van der Waals surface area contributed by atoms with Crippen molar-refractivity contribution in [3.05, 3.63) is 143 Å². The normalized spacial score (nSPS) is 10.4. The smallest absolute Gasteiger partial charge is 0.0961 e. The predicted octanol–water partition coefficient (Wildman–Crippen LogP) is 13.1. The van der Waals surface area contributed by atoms with Gasteiger partial charge in [-0.25, -0.2) is 9.38 Å². The largest absolute Gasteiger partial charge is 0.387 e. The Labute approximate surface area is 278 Å². The van der Waals surface area contributed by atoms with Crippen molar-refractivity contribution in [2.24, 2.45) is 10.7 Å². The molecule has 0 aliphatic carbocycles. The van der Waals surface area contributed by atoms with Gasteiger partial charge in [0, 0.05) is 11.6 Å². The maximum Gasteiger partial charge on any atom is 0.0961 e. The van der Waals surface area contributed by atoms with E-state index in [-0.39, 0.29) is 0 Å². The predicted molar refractivity (Wildman–Crippen MR) is 204 cm³/mol. The summed E-state index contributed by atoms with van der Waals surface area (Å²) in [7, 11) is 0.